The molecule has 0 aromatic rings. The van der Waals surface area contributed by atoms with Crippen LogP contribution in [0.3, 0.4) is 0 Å². The van der Waals surface area contributed by atoms with Gasteiger partial charge in [0, 0.05) is 63.6 Å². The van der Waals surface area contributed by atoms with Crippen LogP contribution in [-0.4, -0.2) is 140 Å². The molecule has 0 aliphatic carbocycles. The lowest BCUT2D eigenvalue weighted by Gasteiger charge is -2.29. The van der Waals surface area contributed by atoms with Gasteiger partial charge >= 0.3 is 0 Å². The first-order valence-electron chi connectivity index (χ1n) is 27.0. The van der Waals surface area contributed by atoms with Crippen LogP contribution in [0.4, 0.5) is 0 Å². The molecule has 1 rings (SSSR count). The quantitative estimate of drug-likeness (QED) is 0.0319. The fraction of sp³-hybridized carbons (Fsp3) is 0.923. The van der Waals surface area contributed by atoms with Gasteiger partial charge in [-0.05, 0) is 25.7 Å². The maximum absolute atomic E-state index is 13.1. The predicted molar refractivity (Wildman–Crippen MR) is 277 cm³/mol. The lowest BCUT2D eigenvalue weighted by molar-refractivity contribution is -0.135. The number of nitrogens with one attached hydrogen (secondary N) is 2. The molecule has 66 heavy (non-hydrogen) atoms. The van der Waals surface area contributed by atoms with Crippen LogP contribution in [0.1, 0.15) is 220 Å². The lowest BCUT2D eigenvalue weighted by atomic mass is 10.1. The van der Waals surface area contributed by atoms with E-state index in [1.807, 2.05) is 9.80 Å². The molecule has 12 nitrogen and oxygen atoms in total. The van der Waals surface area contributed by atoms with Gasteiger partial charge in [-0.15, -0.1) is 0 Å². The number of hydrogen-bond acceptors (Lipinski definition) is 12. The molecule has 0 bridgehead atoms. The van der Waals surface area contributed by atoms with Gasteiger partial charge in [-0.1, -0.05) is 205 Å². The number of piperazine rings is 1. The third-order valence-corrected chi connectivity index (χ3v) is 14.8. The molecule has 0 saturated carbocycles. The van der Waals surface area contributed by atoms with Gasteiger partial charge in [0.2, 0.25) is 11.8 Å². The van der Waals surface area contributed by atoms with Crippen molar-refractivity contribution >= 4 is 45.6 Å². The molecular formula is C52H100N4O8S2. The van der Waals surface area contributed by atoms with Crippen molar-refractivity contribution in [2.45, 2.75) is 257 Å². The first-order chi connectivity index (χ1) is 31.9. The van der Waals surface area contributed by atoms with E-state index < -0.39 is 48.3 Å². The van der Waals surface area contributed by atoms with E-state index in [-0.39, 0.29) is 34.6 Å². The zero-order valence-electron chi connectivity index (χ0n) is 42.5. The second kappa shape index (κ2) is 42.6. The van der Waals surface area contributed by atoms with Gasteiger partial charge in [-0.2, -0.15) is 0 Å². The number of nitrogens with zero attached hydrogens (tertiary/aromatic N) is 2. The van der Waals surface area contributed by atoms with Crippen LogP contribution in [0.2, 0.25) is 0 Å². The molecule has 2 amide bonds. The number of aliphatic hydroxyl groups excluding tert-OH is 4. The second-order valence-corrected chi connectivity index (χ2v) is 21.5. The molecular weight excluding hydrogens is 873 g/mol. The zero-order valence-corrected chi connectivity index (χ0v) is 44.1. The Bertz CT molecular complexity index is 1080. The van der Waals surface area contributed by atoms with E-state index in [4.69, 9.17) is 0 Å². The number of hydrogen-bond donors (Lipinski definition) is 6. The molecule has 0 aromatic carbocycles. The molecule has 1 fully saturated rings. The second-order valence-electron chi connectivity index (χ2n) is 19.3. The largest absolute Gasteiger partial charge is 0.392 e. The summed E-state index contributed by atoms with van der Waals surface area (Å²) >= 11 is 2.00. The predicted octanol–water partition coefficient (Wildman–Crippen LogP) is 9.32. The highest BCUT2D eigenvalue weighted by Gasteiger charge is 2.34. The SMILES string of the molecule is CCCCCCCCC(O)CN(CCC(=O)SCC1NC(=O)C(CSC(=O)CCN(CC(O)CCCCCCCC)CC(O)CCCCCCCC)NC1=O)CC(O)CCCCCCCC. The Morgan fingerprint density at radius 1 is 0.439 bits per heavy atom. The van der Waals surface area contributed by atoms with Gasteiger partial charge in [0.15, 0.2) is 10.2 Å². The lowest BCUT2D eigenvalue weighted by Crippen LogP contribution is -2.63. The van der Waals surface area contributed by atoms with E-state index in [2.05, 4.69) is 38.3 Å². The Morgan fingerprint density at radius 2 is 0.682 bits per heavy atom. The van der Waals surface area contributed by atoms with E-state index in [1.165, 1.54) is 103 Å². The Balaban J connectivity index is 2.62. The van der Waals surface area contributed by atoms with Crippen molar-refractivity contribution in [3.63, 3.8) is 0 Å². The number of carbonyl (C=O) groups excluding carboxylic acids is 4. The molecule has 1 aliphatic rings. The Kier molecular flexibility index (Phi) is 40.5. The molecule has 6 unspecified atom stereocenters. The van der Waals surface area contributed by atoms with Crippen molar-refractivity contribution in [1.29, 1.82) is 0 Å². The summed E-state index contributed by atoms with van der Waals surface area (Å²) < 4.78 is 0. The molecule has 1 aliphatic heterocycles. The summed E-state index contributed by atoms with van der Waals surface area (Å²) in [5.74, 6) is -0.617. The first-order valence-corrected chi connectivity index (χ1v) is 29.0. The summed E-state index contributed by atoms with van der Waals surface area (Å²) in [4.78, 5) is 56.3. The average molecular weight is 974 g/mol. The minimum Gasteiger partial charge on any atom is -0.392 e. The van der Waals surface area contributed by atoms with E-state index in [9.17, 15) is 39.6 Å². The number of amides is 2. The Morgan fingerprint density at radius 3 is 0.939 bits per heavy atom. The zero-order chi connectivity index (χ0) is 48.6. The number of rotatable bonds is 46. The standard InChI is InChI=1S/C52H100N4O8S2/c1-5-9-13-17-21-25-29-43(57)37-55(38-44(58)30-26-22-18-14-10-6-2)35-33-49(61)65-41-47-51(63)54-48(52(64)53-47)42-66-50(62)34-36-56(39-45(59)31-27-23-19-15-11-7-3)40-46(60)32-28-24-20-16-12-8-4/h43-48,57-60H,5-42H2,1-4H3,(H,53,64)(H,54,63). The molecule has 14 heteroatoms. The maximum Gasteiger partial charge on any atom is 0.244 e. The fourth-order valence-electron chi connectivity index (χ4n) is 8.62. The molecule has 6 N–H and O–H groups in total. The first kappa shape index (κ1) is 62.8. The Labute approximate surface area is 411 Å². The van der Waals surface area contributed by atoms with Crippen LogP contribution in [0.15, 0.2) is 0 Å². The molecule has 0 aromatic heterocycles. The summed E-state index contributed by atoms with van der Waals surface area (Å²) in [5, 5.41) is 48.8. The van der Waals surface area contributed by atoms with Gasteiger partial charge in [0.25, 0.3) is 0 Å². The summed E-state index contributed by atoms with van der Waals surface area (Å²) in [5.41, 5.74) is 0. The van der Waals surface area contributed by atoms with Gasteiger partial charge in [-0.3, -0.25) is 29.0 Å². The molecule has 1 saturated heterocycles. The monoisotopic (exact) mass is 973 g/mol. The van der Waals surface area contributed by atoms with E-state index in [0.29, 0.717) is 65.0 Å². The summed E-state index contributed by atoms with van der Waals surface area (Å²) in [7, 11) is 0. The van der Waals surface area contributed by atoms with Crippen molar-refractivity contribution in [3.05, 3.63) is 0 Å². The van der Waals surface area contributed by atoms with Gasteiger partial charge in [0.1, 0.15) is 12.1 Å². The van der Waals surface area contributed by atoms with Gasteiger partial charge in [-0.25, -0.2) is 0 Å². The smallest absolute Gasteiger partial charge is 0.244 e. The third kappa shape index (κ3) is 34.9. The van der Waals surface area contributed by atoms with E-state index in [0.717, 1.165) is 74.9 Å². The minimum absolute atomic E-state index is 0.0851. The number of aliphatic hydroxyl groups is 4. The Hall–Kier alpha value is -1.26. The average Bonchev–Trinajstić information content (AvgIpc) is 3.29. The molecule has 388 valence electrons. The highest BCUT2D eigenvalue weighted by molar-refractivity contribution is 8.13. The van der Waals surface area contributed by atoms with Crippen LogP contribution >= 0.6 is 23.5 Å². The highest BCUT2D eigenvalue weighted by Crippen LogP contribution is 2.18. The van der Waals surface area contributed by atoms with Crippen LogP contribution in [0.25, 0.3) is 0 Å². The normalized spacial score (nSPS) is 17.2. The summed E-state index contributed by atoms with van der Waals surface area (Å²) in [6.45, 7) is 11.2. The fourth-order valence-corrected chi connectivity index (χ4v) is 10.3. The topological polar surface area (TPSA) is 180 Å². The number of thioether (sulfide) groups is 2. The van der Waals surface area contributed by atoms with Crippen molar-refractivity contribution < 1.29 is 39.6 Å². The van der Waals surface area contributed by atoms with E-state index >= 15 is 0 Å². The van der Waals surface area contributed by atoms with Gasteiger partial charge in [0.05, 0.1) is 24.4 Å². The van der Waals surface area contributed by atoms with Gasteiger partial charge < -0.3 is 31.1 Å². The van der Waals surface area contributed by atoms with Crippen molar-refractivity contribution in [2.24, 2.45) is 0 Å². The third-order valence-electron chi connectivity index (χ3n) is 12.8. The number of carbonyl (C=O) groups is 4. The van der Waals surface area contributed by atoms with Crippen molar-refractivity contribution in [3.8, 4) is 0 Å². The van der Waals surface area contributed by atoms with Crippen LogP contribution < -0.4 is 10.6 Å². The summed E-state index contributed by atoms with van der Waals surface area (Å²) in [6, 6.07) is -1.76. The number of unbranched alkanes of at least 4 members (excludes halogenated alkanes) is 20. The molecule has 0 spiro atoms. The van der Waals surface area contributed by atoms with Crippen LogP contribution in [0, 0.1) is 0 Å². The maximum atomic E-state index is 13.1. The molecule has 0 radical (unpaired) electrons. The highest BCUT2D eigenvalue weighted by atomic mass is 32.2. The molecule has 1 heterocycles. The van der Waals surface area contributed by atoms with Crippen LogP contribution in [-0.2, 0) is 19.2 Å². The minimum atomic E-state index is -0.878. The summed E-state index contributed by atoms with van der Waals surface area (Å²) in [6.07, 6.45) is 28.5. The van der Waals surface area contributed by atoms with E-state index in [1.54, 1.807) is 0 Å². The van der Waals surface area contributed by atoms with Crippen molar-refractivity contribution in [2.75, 3.05) is 50.8 Å². The van der Waals surface area contributed by atoms with Crippen molar-refractivity contribution in [1.82, 2.24) is 20.4 Å². The van der Waals surface area contributed by atoms with Crippen LogP contribution in [0.5, 0.6) is 0 Å². The molecule has 6 atom stereocenters.